The number of hydrogen-bond acceptors (Lipinski definition) is 4. The van der Waals surface area contributed by atoms with Crippen LogP contribution in [0.2, 0.25) is 0 Å². The van der Waals surface area contributed by atoms with Crippen molar-refractivity contribution in [2.75, 3.05) is 5.32 Å². The first-order valence-electron chi connectivity index (χ1n) is 8.04. The van der Waals surface area contributed by atoms with Gasteiger partial charge in [-0.05, 0) is 31.4 Å². The number of rotatable bonds is 3. The van der Waals surface area contributed by atoms with Gasteiger partial charge >= 0.3 is 0 Å². The Morgan fingerprint density at radius 2 is 2.21 bits per heavy atom. The highest BCUT2D eigenvalue weighted by atomic mass is 32.1. The summed E-state index contributed by atoms with van der Waals surface area (Å²) < 4.78 is 2.03. The summed E-state index contributed by atoms with van der Waals surface area (Å²) >= 11 is 1.57. The van der Waals surface area contributed by atoms with Gasteiger partial charge in [0.2, 0.25) is 5.91 Å². The molecule has 1 N–H and O–H groups in total. The maximum atomic E-state index is 12.9. The maximum absolute atomic E-state index is 12.9. The summed E-state index contributed by atoms with van der Waals surface area (Å²) in [6, 6.07) is 7.81. The predicted octanol–water partition coefficient (Wildman–Crippen LogP) is 3.60. The normalized spacial score (nSPS) is 16.6. The first kappa shape index (κ1) is 15.1. The highest BCUT2D eigenvalue weighted by Crippen LogP contribution is 2.33. The number of hydrogen-bond donors (Lipinski definition) is 1. The van der Waals surface area contributed by atoms with Crippen LogP contribution in [0.1, 0.15) is 30.1 Å². The highest BCUT2D eigenvalue weighted by molar-refractivity contribution is 7.13. The summed E-state index contributed by atoms with van der Waals surface area (Å²) in [5.74, 6) is -0.169. The zero-order chi connectivity index (χ0) is 16.5. The van der Waals surface area contributed by atoms with Crippen LogP contribution >= 0.6 is 11.3 Å². The number of amides is 1. The Morgan fingerprint density at radius 3 is 3.04 bits per heavy atom. The number of aryl methyl sites for hydroxylation is 1. The Hall–Kier alpha value is -2.47. The number of aromatic nitrogens is 3. The van der Waals surface area contributed by atoms with Gasteiger partial charge in [0, 0.05) is 29.9 Å². The van der Waals surface area contributed by atoms with Gasteiger partial charge in [-0.25, -0.2) is 9.97 Å². The number of fused-ring (bicyclic) bond motifs is 1. The second-order valence-electron chi connectivity index (χ2n) is 6.00. The van der Waals surface area contributed by atoms with Crippen molar-refractivity contribution in [2.45, 2.75) is 25.2 Å². The van der Waals surface area contributed by atoms with E-state index < -0.39 is 0 Å². The van der Waals surface area contributed by atoms with E-state index in [4.69, 9.17) is 0 Å². The Kier molecular flexibility index (Phi) is 3.90. The molecule has 0 saturated heterocycles. The monoisotopic (exact) mass is 338 g/mol. The third-order valence-electron chi connectivity index (χ3n) is 4.49. The smallest absolute Gasteiger partial charge is 0.233 e. The molecule has 0 radical (unpaired) electrons. The van der Waals surface area contributed by atoms with Crippen LogP contribution in [0.25, 0.3) is 10.6 Å². The highest BCUT2D eigenvalue weighted by Gasteiger charge is 2.30. The molecule has 1 amide bonds. The number of carbonyl (C=O) groups is 1. The molecule has 0 aliphatic heterocycles. The summed E-state index contributed by atoms with van der Waals surface area (Å²) in [6.07, 6.45) is 6.43. The van der Waals surface area contributed by atoms with Crippen molar-refractivity contribution >= 4 is 22.9 Å². The first-order chi connectivity index (χ1) is 11.7. The molecule has 1 aliphatic carbocycles. The molecule has 2 aromatic heterocycles. The molecule has 1 unspecified atom stereocenters. The van der Waals surface area contributed by atoms with Crippen molar-refractivity contribution in [1.82, 2.24) is 14.5 Å². The Balaban J connectivity index is 1.62. The standard InChI is InChI=1S/C18H18N4OS/c1-22-11-20-16-13(6-4-8-15(16)22)17(23)21-14-7-3-2-5-12(14)18-19-9-10-24-18/h2-3,5,7,9-11,13H,4,6,8H2,1H3,(H,21,23). The zero-order valence-corrected chi connectivity index (χ0v) is 14.2. The largest absolute Gasteiger partial charge is 0.337 e. The summed E-state index contributed by atoms with van der Waals surface area (Å²) in [4.78, 5) is 21.7. The molecule has 0 saturated carbocycles. The van der Waals surface area contributed by atoms with E-state index >= 15 is 0 Å². The number of nitrogens with zero attached hydrogens (tertiary/aromatic N) is 3. The van der Waals surface area contributed by atoms with Crippen molar-refractivity contribution < 1.29 is 4.79 Å². The molecule has 6 heteroatoms. The lowest BCUT2D eigenvalue weighted by Gasteiger charge is -2.22. The van der Waals surface area contributed by atoms with E-state index in [0.717, 1.165) is 41.2 Å². The topological polar surface area (TPSA) is 59.8 Å². The second-order valence-corrected chi connectivity index (χ2v) is 6.90. The van der Waals surface area contributed by atoms with Gasteiger partial charge in [0.1, 0.15) is 5.01 Å². The van der Waals surface area contributed by atoms with Crippen LogP contribution in [0.3, 0.4) is 0 Å². The average molecular weight is 338 g/mol. The SMILES string of the molecule is Cn1cnc2c1CCCC2C(=O)Nc1ccccc1-c1nccs1. The number of imidazole rings is 1. The lowest BCUT2D eigenvalue weighted by atomic mass is 9.89. The Bertz CT molecular complexity index is 869. The van der Waals surface area contributed by atoms with E-state index in [0.29, 0.717) is 0 Å². The Labute approximate surface area is 144 Å². The molecule has 0 fully saturated rings. The molecule has 0 bridgehead atoms. The number of benzene rings is 1. The van der Waals surface area contributed by atoms with Gasteiger partial charge in [-0.15, -0.1) is 11.3 Å². The van der Waals surface area contributed by atoms with E-state index in [1.54, 1.807) is 23.9 Å². The van der Waals surface area contributed by atoms with Crippen LogP contribution in [0.4, 0.5) is 5.69 Å². The van der Waals surface area contributed by atoms with Crippen molar-refractivity contribution in [3.05, 3.63) is 53.6 Å². The molecular weight excluding hydrogens is 320 g/mol. The summed E-state index contributed by atoms with van der Waals surface area (Å²) in [7, 11) is 1.99. The number of thiazole rings is 1. The molecule has 3 aromatic rings. The van der Waals surface area contributed by atoms with E-state index in [2.05, 4.69) is 15.3 Å². The molecule has 1 aromatic carbocycles. The van der Waals surface area contributed by atoms with Crippen molar-refractivity contribution in [2.24, 2.45) is 7.05 Å². The molecule has 1 aliphatic rings. The van der Waals surface area contributed by atoms with Gasteiger partial charge < -0.3 is 9.88 Å². The molecule has 24 heavy (non-hydrogen) atoms. The minimum absolute atomic E-state index is 0.0126. The fraction of sp³-hybridized carbons (Fsp3) is 0.278. The minimum Gasteiger partial charge on any atom is -0.337 e. The van der Waals surface area contributed by atoms with Gasteiger partial charge in [0.25, 0.3) is 0 Å². The second kappa shape index (κ2) is 6.20. The summed E-state index contributed by atoms with van der Waals surface area (Å²) in [6.45, 7) is 0. The summed E-state index contributed by atoms with van der Waals surface area (Å²) in [5, 5.41) is 5.95. The van der Waals surface area contributed by atoms with E-state index in [-0.39, 0.29) is 11.8 Å². The number of anilines is 1. The van der Waals surface area contributed by atoms with Crippen LogP contribution in [0.5, 0.6) is 0 Å². The predicted molar refractivity (Wildman–Crippen MR) is 95.1 cm³/mol. The van der Waals surface area contributed by atoms with Crippen LogP contribution in [-0.2, 0) is 18.3 Å². The molecule has 2 heterocycles. The number of nitrogens with one attached hydrogen (secondary N) is 1. The van der Waals surface area contributed by atoms with Crippen molar-refractivity contribution in [3.8, 4) is 10.6 Å². The molecule has 122 valence electrons. The van der Waals surface area contributed by atoms with Crippen LogP contribution in [0, 0.1) is 0 Å². The number of carbonyl (C=O) groups excluding carboxylic acids is 1. The molecule has 4 rings (SSSR count). The van der Waals surface area contributed by atoms with Crippen molar-refractivity contribution in [1.29, 1.82) is 0 Å². The average Bonchev–Trinajstić information content (AvgIpc) is 3.26. The quantitative estimate of drug-likeness (QED) is 0.794. The molecule has 5 nitrogen and oxygen atoms in total. The fourth-order valence-electron chi connectivity index (χ4n) is 3.29. The van der Waals surface area contributed by atoms with E-state index in [1.165, 1.54) is 5.69 Å². The van der Waals surface area contributed by atoms with Crippen LogP contribution in [0.15, 0.2) is 42.2 Å². The van der Waals surface area contributed by atoms with E-state index in [1.807, 2.05) is 41.3 Å². The summed E-state index contributed by atoms with van der Waals surface area (Å²) in [5.41, 5.74) is 3.86. The molecular formula is C18H18N4OS. The van der Waals surface area contributed by atoms with Gasteiger partial charge in [0.15, 0.2) is 0 Å². The van der Waals surface area contributed by atoms with Gasteiger partial charge in [0.05, 0.1) is 23.6 Å². The first-order valence-corrected chi connectivity index (χ1v) is 8.92. The number of para-hydroxylation sites is 1. The van der Waals surface area contributed by atoms with Gasteiger partial charge in [-0.3, -0.25) is 4.79 Å². The third-order valence-corrected chi connectivity index (χ3v) is 5.30. The molecule has 0 spiro atoms. The Morgan fingerprint density at radius 1 is 1.33 bits per heavy atom. The van der Waals surface area contributed by atoms with Gasteiger partial charge in [-0.1, -0.05) is 12.1 Å². The van der Waals surface area contributed by atoms with Crippen LogP contribution < -0.4 is 5.32 Å². The minimum atomic E-state index is -0.181. The van der Waals surface area contributed by atoms with E-state index in [9.17, 15) is 4.79 Å². The third kappa shape index (κ3) is 2.63. The zero-order valence-electron chi connectivity index (χ0n) is 13.4. The van der Waals surface area contributed by atoms with Gasteiger partial charge in [-0.2, -0.15) is 0 Å². The maximum Gasteiger partial charge on any atom is 0.233 e. The lowest BCUT2D eigenvalue weighted by molar-refractivity contribution is -0.118. The lowest BCUT2D eigenvalue weighted by Crippen LogP contribution is -2.25. The molecule has 1 atom stereocenters. The van der Waals surface area contributed by atoms with Crippen LogP contribution in [-0.4, -0.2) is 20.4 Å². The van der Waals surface area contributed by atoms with Crippen molar-refractivity contribution in [3.63, 3.8) is 0 Å². The fourth-order valence-corrected chi connectivity index (χ4v) is 3.97.